The van der Waals surface area contributed by atoms with Crippen molar-refractivity contribution in [3.63, 3.8) is 0 Å². The quantitative estimate of drug-likeness (QED) is 0.720. The van der Waals surface area contributed by atoms with Crippen LogP contribution in [0.15, 0.2) is 54.6 Å². The summed E-state index contributed by atoms with van der Waals surface area (Å²) in [6, 6.07) is 18.6. The van der Waals surface area contributed by atoms with E-state index in [-0.39, 0.29) is 5.91 Å². The molecule has 1 saturated heterocycles. The number of pyridine rings is 1. The summed E-state index contributed by atoms with van der Waals surface area (Å²) in [4.78, 5) is 19.6. The lowest BCUT2D eigenvalue weighted by atomic mass is 9.99. The highest BCUT2D eigenvalue weighted by Crippen LogP contribution is 2.28. The maximum atomic E-state index is 12.5. The van der Waals surface area contributed by atoms with Gasteiger partial charge in [-0.15, -0.1) is 0 Å². The van der Waals surface area contributed by atoms with Crippen LogP contribution in [0.25, 0.3) is 22.0 Å². The van der Waals surface area contributed by atoms with Gasteiger partial charge < -0.3 is 5.32 Å². The number of hydrogen-bond acceptors (Lipinski definition) is 3. The molecule has 1 atom stereocenters. The molecule has 0 aliphatic carbocycles. The second-order valence-electron chi connectivity index (χ2n) is 7.70. The average molecular weight is 374 g/mol. The number of carbonyl (C=O) groups is 1. The Morgan fingerprint density at radius 1 is 1.07 bits per heavy atom. The van der Waals surface area contributed by atoms with Crippen molar-refractivity contribution in [2.75, 3.05) is 19.6 Å². The van der Waals surface area contributed by atoms with Crippen LogP contribution in [0.2, 0.25) is 0 Å². The van der Waals surface area contributed by atoms with Gasteiger partial charge in [-0.2, -0.15) is 0 Å². The number of amides is 1. The van der Waals surface area contributed by atoms with Crippen molar-refractivity contribution in [3.05, 3.63) is 65.9 Å². The fraction of sp³-hybridized carbons (Fsp3) is 0.333. The second-order valence-corrected chi connectivity index (χ2v) is 7.70. The zero-order valence-corrected chi connectivity index (χ0v) is 16.6. The van der Waals surface area contributed by atoms with Crippen LogP contribution in [0.4, 0.5) is 0 Å². The molecule has 4 heteroatoms. The zero-order valence-electron chi connectivity index (χ0n) is 16.6. The SMILES string of the molecule is Cc1ccc2c(-c3ccc(C(=O)NCC(C)N4CCCC4)cc3)cccc2n1. The van der Waals surface area contributed by atoms with E-state index >= 15 is 0 Å². The Hall–Kier alpha value is -2.72. The Labute approximate surface area is 166 Å². The summed E-state index contributed by atoms with van der Waals surface area (Å²) in [5.41, 5.74) is 4.94. The van der Waals surface area contributed by atoms with Crippen molar-refractivity contribution in [1.82, 2.24) is 15.2 Å². The lowest BCUT2D eigenvalue weighted by molar-refractivity contribution is 0.0940. The van der Waals surface area contributed by atoms with Crippen LogP contribution in [0, 0.1) is 6.92 Å². The fourth-order valence-electron chi connectivity index (χ4n) is 3.96. The van der Waals surface area contributed by atoms with E-state index in [0.29, 0.717) is 18.2 Å². The van der Waals surface area contributed by atoms with E-state index in [1.54, 1.807) is 0 Å². The minimum Gasteiger partial charge on any atom is -0.350 e. The molecule has 0 radical (unpaired) electrons. The van der Waals surface area contributed by atoms with E-state index in [2.05, 4.69) is 34.3 Å². The number of fused-ring (bicyclic) bond motifs is 1. The normalized spacial score (nSPS) is 15.6. The molecular weight excluding hydrogens is 346 g/mol. The van der Waals surface area contributed by atoms with Crippen LogP contribution in [0.1, 0.15) is 35.8 Å². The third-order valence-electron chi connectivity index (χ3n) is 5.65. The molecule has 0 spiro atoms. The van der Waals surface area contributed by atoms with E-state index < -0.39 is 0 Å². The van der Waals surface area contributed by atoms with E-state index in [0.717, 1.165) is 40.8 Å². The molecule has 1 aliphatic rings. The number of aryl methyl sites for hydroxylation is 1. The van der Waals surface area contributed by atoms with E-state index in [4.69, 9.17) is 0 Å². The van der Waals surface area contributed by atoms with Gasteiger partial charge in [-0.25, -0.2) is 0 Å². The minimum absolute atomic E-state index is 0.00666. The lowest BCUT2D eigenvalue weighted by Crippen LogP contribution is -2.40. The Kier molecular flexibility index (Phi) is 5.40. The van der Waals surface area contributed by atoms with Gasteiger partial charge >= 0.3 is 0 Å². The Bertz CT molecular complexity index is 975. The molecule has 2 heterocycles. The highest BCUT2D eigenvalue weighted by molar-refractivity contribution is 5.97. The molecule has 1 amide bonds. The number of carbonyl (C=O) groups excluding carboxylic acids is 1. The number of hydrogen-bond donors (Lipinski definition) is 1. The first-order valence-electron chi connectivity index (χ1n) is 10.1. The largest absolute Gasteiger partial charge is 0.350 e. The first-order chi connectivity index (χ1) is 13.6. The molecule has 1 N–H and O–H groups in total. The number of likely N-dealkylation sites (tertiary alicyclic amines) is 1. The standard InChI is InChI=1S/C24H27N3O/c1-17-8-13-22-21(6-5-7-23(22)26-17)19-9-11-20(12-10-19)24(28)25-16-18(2)27-14-3-4-15-27/h5-13,18H,3-4,14-16H2,1-2H3,(H,25,28). The Morgan fingerprint density at radius 2 is 1.82 bits per heavy atom. The van der Waals surface area contributed by atoms with Crippen molar-refractivity contribution >= 4 is 16.8 Å². The van der Waals surface area contributed by atoms with Crippen LogP contribution < -0.4 is 5.32 Å². The molecule has 4 rings (SSSR count). The topological polar surface area (TPSA) is 45.2 Å². The summed E-state index contributed by atoms with van der Waals surface area (Å²) in [5.74, 6) is -0.00666. The fourth-order valence-corrected chi connectivity index (χ4v) is 3.96. The summed E-state index contributed by atoms with van der Waals surface area (Å²) >= 11 is 0. The van der Waals surface area contributed by atoms with Crippen molar-refractivity contribution < 1.29 is 4.79 Å². The molecule has 2 aromatic carbocycles. The molecule has 28 heavy (non-hydrogen) atoms. The van der Waals surface area contributed by atoms with Gasteiger partial charge in [-0.05, 0) is 75.2 Å². The van der Waals surface area contributed by atoms with Gasteiger partial charge in [-0.3, -0.25) is 14.7 Å². The molecule has 1 unspecified atom stereocenters. The van der Waals surface area contributed by atoms with Gasteiger partial charge in [0.15, 0.2) is 0 Å². The zero-order chi connectivity index (χ0) is 19.5. The van der Waals surface area contributed by atoms with Crippen molar-refractivity contribution in [2.45, 2.75) is 32.7 Å². The van der Waals surface area contributed by atoms with Gasteiger partial charge in [0.25, 0.3) is 5.91 Å². The minimum atomic E-state index is -0.00666. The van der Waals surface area contributed by atoms with Gasteiger partial charge in [0, 0.05) is 29.2 Å². The van der Waals surface area contributed by atoms with Crippen LogP contribution >= 0.6 is 0 Å². The highest BCUT2D eigenvalue weighted by atomic mass is 16.1. The average Bonchev–Trinajstić information content (AvgIpc) is 3.26. The first kappa shape index (κ1) is 18.6. The molecule has 144 valence electrons. The van der Waals surface area contributed by atoms with E-state index in [1.165, 1.54) is 12.8 Å². The predicted molar refractivity (Wildman–Crippen MR) is 115 cm³/mol. The molecule has 0 bridgehead atoms. The third-order valence-corrected chi connectivity index (χ3v) is 5.65. The van der Waals surface area contributed by atoms with Gasteiger partial charge in [-0.1, -0.05) is 30.3 Å². The Balaban J connectivity index is 1.47. The molecule has 1 aromatic heterocycles. The number of aromatic nitrogens is 1. The van der Waals surface area contributed by atoms with Gasteiger partial charge in [0.2, 0.25) is 0 Å². The van der Waals surface area contributed by atoms with Gasteiger partial charge in [0.1, 0.15) is 0 Å². The van der Waals surface area contributed by atoms with Crippen molar-refractivity contribution in [2.24, 2.45) is 0 Å². The summed E-state index contributed by atoms with van der Waals surface area (Å²) in [6.07, 6.45) is 2.53. The summed E-state index contributed by atoms with van der Waals surface area (Å²) in [7, 11) is 0. The predicted octanol–water partition coefficient (Wildman–Crippen LogP) is 4.42. The number of benzene rings is 2. The number of nitrogens with zero attached hydrogens (tertiary/aromatic N) is 2. The molecule has 1 aliphatic heterocycles. The molecule has 0 saturated carbocycles. The number of nitrogens with one attached hydrogen (secondary N) is 1. The van der Waals surface area contributed by atoms with Crippen molar-refractivity contribution in [3.8, 4) is 11.1 Å². The van der Waals surface area contributed by atoms with E-state index in [1.807, 2.05) is 49.4 Å². The molecule has 4 nitrogen and oxygen atoms in total. The summed E-state index contributed by atoms with van der Waals surface area (Å²) in [6.45, 7) is 7.17. The second kappa shape index (κ2) is 8.11. The van der Waals surface area contributed by atoms with Crippen LogP contribution in [0.3, 0.4) is 0 Å². The maximum absolute atomic E-state index is 12.5. The van der Waals surface area contributed by atoms with E-state index in [9.17, 15) is 4.79 Å². The summed E-state index contributed by atoms with van der Waals surface area (Å²) < 4.78 is 0. The number of rotatable bonds is 5. The third kappa shape index (κ3) is 3.92. The van der Waals surface area contributed by atoms with Crippen LogP contribution in [-0.4, -0.2) is 41.5 Å². The van der Waals surface area contributed by atoms with Crippen molar-refractivity contribution in [1.29, 1.82) is 0 Å². The molecule has 1 fully saturated rings. The smallest absolute Gasteiger partial charge is 0.251 e. The van der Waals surface area contributed by atoms with Crippen LogP contribution in [0.5, 0.6) is 0 Å². The molecular formula is C24H27N3O. The van der Waals surface area contributed by atoms with Gasteiger partial charge in [0.05, 0.1) is 5.52 Å². The lowest BCUT2D eigenvalue weighted by Gasteiger charge is -2.23. The summed E-state index contributed by atoms with van der Waals surface area (Å²) in [5, 5.41) is 4.21. The molecule has 3 aromatic rings. The van der Waals surface area contributed by atoms with Crippen LogP contribution in [-0.2, 0) is 0 Å². The monoisotopic (exact) mass is 373 g/mol. The Morgan fingerprint density at radius 3 is 2.57 bits per heavy atom. The maximum Gasteiger partial charge on any atom is 0.251 e. The first-order valence-corrected chi connectivity index (χ1v) is 10.1. The highest BCUT2D eigenvalue weighted by Gasteiger charge is 2.18.